The molecule has 1 aliphatic carbocycles. The third-order valence-electron chi connectivity index (χ3n) is 2.28. The monoisotopic (exact) mass is 162 g/mol. The highest BCUT2D eigenvalue weighted by atomic mass is 16.6. The molecule has 5 nitrogen and oxygen atoms in total. The van der Waals surface area contributed by atoms with Gasteiger partial charge < -0.3 is 25.2 Å². The summed E-state index contributed by atoms with van der Waals surface area (Å²) < 4.78 is 4.82. The molecule has 11 heavy (non-hydrogen) atoms. The van der Waals surface area contributed by atoms with E-state index in [1.165, 1.54) is 0 Å². The van der Waals surface area contributed by atoms with Gasteiger partial charge in [0.1, 0.15) is 36.6 Å². The minimum atomic E-state index is -1.30. The Labute approximate surface area is 62.8 Å². The molecule has 5 heteroatoms. The summed E-state index contributed by atoms with van der Waals surface area (Å²) >= 11 is 0. The SMILES string of the molecule is O[C@@H]1[C@@H](O)[C@H](O)C2OC2[C@H]1O. The summed E-state index contributed by atoms with van der Waals surface area (Å²) in [5, 5.41) is 36.4. The molecule has 2 rings (SSSR count). The van der Waals surface area contributed by atoms with Crippen LogP contribution in [0.1, 0.15) is 0 Å². The molecule has 0 radical (unpaired) electrons. The lowest BCUT2D eigenvalue weighted by atomic mass is 9.90. The molecule has 2 aliphatic rings. The zero-order valence-corrected chi connectivity index (χ0v) is 5.66. The number of ether oxygens (including phenoxy) is 1. The van der Waals surface area contributed by atoms with Gasteiger partial charge in [-0.05, 0) is 0 Å². The van der Waals surface area contributed by atoms with Crippen LogP contribution >= 0.6 is 0 Å². The summed E-state index contributed by atoms with van der Waals surface area (Å²) in [6.07, 6.45) is -5.73. The standard InChI is InChI=1S/C6H10O5/c7-1-2(8)4(10)6-5(11-6)3(1)9/h1-10H/t1-,2-,3+,4+,5?,6?/m1/s1. The van der Waals surface area contributed by atoms with Crippen molar-refractivity contribution in [2.24, 2.45) is 0 Å². The average Bonchev–Trinajstić information content (AvgIpc) is 2.76. The molecular formula is C6H10O5. The summed E-state index contributed by atoms with van der Waals surface area (Å²) in [4.78, 5) is 0. The molecule has 2 unspecified atom stereocenters. The van der Waals surface area contributed by atoms with Crippen molar-refractivity contribution in [3.63, 3.8) is 0 Å². The van der Waals surface area contributed by atoms with Crippen LogP contribution in [0.25, 0.3) is 0 Å². The molecule has 0 aromatic heterocycles. The van der Waals surface area contributed by atoms with E-state index in [-0.39, 0.29) is 0 Å². The Morgan fingerprint density at radius 3 is 1.36 bits per heavy atom. The lowest BCUT2D eigenvalue weighted by Crippen LogP contribution is -2.53. The second-order valence-corrected chi connectivity index (χ2v) is 3.03. The van der Waals surface area contributed by atoms with Crippen molar-refractivity contribution in [1.29, 1.82) is 0 Å². The van der Waals surface area contributed by atoms with Gasteiger partial charge in [0, 0.05) is 0 Å². The van der Waals surface area contributed by atoms with E-state index in [1.54, 1.807) is 0 Å². The maximum absolute atomic E-state index is 9.13. The number of aliphatic hydroxyl groups is 4. The van der Waals surface area contributed by atoms with Crippen molar-refractivity contribution in [2.45, 2.75) is 36.6 Å². The Hall–Kier alpha value is -0.200. The van der Waals surface area contributed by atoms with Gasteiger partial charge in [-0.25, -0.2) is 0 Å². The molecule has 6 atom stereocenters. The molecular weight excluding hydrogens is 152 g/mol. The normalized spacial score (nSPS) is 62.2. The quantitative estimate of drug-likeness (QED) is 0.289. The van der Waals surface area contributed by atoms with E-state index in [0.717, 1.165) is 0 Å². The van der Waals surface area contributed by atoms with Crippen molar-refractivity contribution in [1.82, 2.24) is 0 Å². The maximum atomic E-state index is 9.13. The lowest BCUT2D eigenvalue weighted by Gasteiger charge is -2.28. The number of hydrogen-bond donors (Lipinski definition) is 4. The molecule has 2 fully saturated rings. The van der Waals surface area contributed by atoms with E-state index in [4.69, 9.17) is 25.2 Å². The average molecular weight is 162 g/mol. The van der Waals surface area contributed by atoms with E-state index in [2.05, 4.69) is 0 Å². The zero-order chi connectivity index (χ0) is 8.17. The minimum Gasteiger partial charge on any atom is -0.387 e. The van der Waals surface area contributed by atoms with Crippen LogP contribution in [0, 0.1) is 0 Å². The molecule has 4 N–H and O–H groups in total. The molecule has 0 aromatic carbocycles. The highest BCUT2D eigenvalue weighted by molar-refractivity contribution is 5.07. The van der Waals surface area contributed by atoms with E-state index < -0.39 is 36.6 Å². The third-order valence-corrected chi connectivity index (χ3v) is 2.28. The van der Waals surface area contributed by atoms with Crippen LogP contribution in [0.15, 0.2) is 0 Å². The lowest BCUT2D eigenvalue weighted by molar-refractivity contribution is -0.121. The Morgan fingerprint density at radius 1 is 0.636 bits per heavy atom. The third kappa shape index (κ3) is 0.896. The fourth-order valence-corrected chi connectivity index (χ4v) is 1.48. The largest absolute Gasteiger partial charge is 0.387 e. The van der Waals surface area contributed by atoms with Gasteiger partial charge in [-0.3, -0.25) is 0 Å². The molecule has 1 saturated carbocycles. The molecule has 64 valence electrons. The van der Waals surface area contributed by atoms with Gasteiger partial charge in [0.15, 0.2) is 0 Å². The smallest absolute Gasteiger partial charge is 0.115 e. The van der Waals surface area contributed by atoms with Gasteiger partial charge in [0.2, 0.25) is 0 Å². The first-order valence-corrected chi connectivity index (χ1v) is 3.50. The summed E-state index contributed by atoms with van der Waals surface area (Å²) in [5.41, 5.74) is 0. The molecule has 0 aromatic rings. The minimum absolute atomic E-state index is 0.497. The van der Waals surface area contributed by atoms with Gasteiger partial charge in [-0.15, -0.1) is 0 Å². The zero-order valence-electron chi connectivity index (χ0n) is 5.66. The predicted octanol–water partition coefficient (Wildman–Crippen LogP) is -2.79. The number of rotatable bonds is 0. The van der Waals surface area contributed by atoms with E-state index in [1.807, 2.05) is 0 Å². The van der Waals surface area contributed by atoms with Crippen LogP contribution in [-0.2, 0) is 4.74 Å². The van der Waals surface area contributed by atoms with Crippen molar-refractivity contribution < 1.29 is 25.2 Å². The summed E-state index contributed by atoms with van der Waals surface area (Å²) in [6.45, 7) is 0. The summed E-state index contributed by atoms with van der Waals surface area (Å²) in [6, 6.07) is 0. The molecule has 0 amide bonds. The first kappa shape index (κ1) is 7.45. The molecule has 1 heterocycles. The van der Waals surface area contributed by atoms with Crippen LogP contribution in [-0.4, -0.2) is 57.0 Å². The fraction of sp³-hybridized carbons (Fsp3) is 1.00. The Bertz CT molecular complexity index is 154. The first-order valence-electron chi connectivity index (χ1n) is 3.50. The number of aliphatic hydroxyl groups excluding tert-OH is 4. The first-order chi connectivity index (χ1) is 5.13. The highest BCUT2D eigenvalue weighted by Crippen LogP contribution is 2.37. The number of epoxide rings is 1. The van der Waals surface area contributed by atoms with E-state index >= 15 is 0 Å². The second kappa shape index (κ2) is 2.15. The summed E-state index contributed by atoms with van der Waals surface area (Å²) in [7, 11) is 0. The topological polar surface area (TPSA) is 93.5 Å². The van der Waals surface area contributed by atoms with Crippen molar-refractivity contribution >= 4 is 0 Å². The van der Waals surface area contributed by atoms with Crippen LogP contribution in [0.4, 0.5) is 0 Å². The molecule has 0 bridgehead atoms. The van der Waals surface area contributed by atoms with Gasteiger partial charge >= 0.3 is 0 Å². The van der Waals surface area contributed by atoms with Crippen LogP contribution in [0.3, 0.4) is 0 Å². The van der Waals surface area contributed by atoms with Gasteiger partial charge in [-0.2, -0.15) is 0 Å². The van der Waals surface area contributed by atoms with Crippen LogP contribution in [0.5, 0.6) is 0 Å². The Balaban J connectivity index is 2.13. The van der Waals surface area contributed by atoms with Gasteiger partial charge in [-0.1, -0.05) is 0 Å². The van der Waals surface area contributed by atoms with Gasteiger partial charge in [0.05, 0.1) is 0 Å². The molecule has 1 aliphatic heterocycles. The maximum Gasteiger partial charge on any atom is 0.115 e. The van der Waals surface area contributed by atoms with Crippen molar-refractivity contribution in [3.8, 4) is 0 Å². The predicted molar refractivity (Wildman–Crippen MR) is 32.7 cm³/mol. The highest BCUT2D eigenvalue weighted by Gasteiger charge is 2.59. The van der Waals surface area contributed by atoms with Crippen molar-refractivity contribution in [3.05, 3.63) is 0 Å². The molecule has 1 saturated heterocycles. The molecule has 0 spiro atoms. The Kier molecular flexibility index (Phi) is 1.45. The van der Waals surface area contributed by atoms with Crippen molar-refractivity contribution in [2.75, 3.05) is 0 Å². The number of fused-ring (bicyclic) bond motifs is 1. The second-order valence-electron chi connectivity index (χ2n) is 3.03. The van der Waals surface area contributed by atoms with Crippen LogP contribution in [0.2, 0.25) is 0 Å². The van der Waals surface area contributed by atoms with Crippen LogP contribution < -0.4 is 0 Å². The fourth-order valence-electron chi connectivity index (χ4n) is 1.48. The Morgan fingerprint density at radius 2 is 1.00 bits per heavy atom. The van der Waals surface area contributed by atoms with E-state index in [9.17, 15) is 0 Å². The van der Waals surface area contributed by atoms with Gasteiger partial charge in [0.25, 0.3) is 0 Å². The number of hydrogen-bond acceptors (Lipinski definition) is 5. The summed E-state index contributed by atoms with van der Waals surface area (Å²) in [5.74, 6) is 0. The van der Waals surface area contributed by atoms with E-state index in [0.29, 0.717) is 0 Å².